The molecule has 0 radical (unpaired) electrons. The molecule has 10 nitrogen and oxygen atoms in total. The van der Waals surface area contributed by atoms with Crippen molar-refractivity contribution in [1.82, 2.24) is 19.8 Å². The molecule has 1 amide bonds. The van der Waals surface area contributed by atoms with Gasteiger partial charge in [0.25, 0.3) is 0 Å². The van der Waals surface area contributed by atoms with Crippen molar-refractivity contribution >= 4 is 28.2 Å². The largest absolute Gasteiger partial charge is 0.463 e. The van der Waals surface area contributed by atoms with Crippen LogP contribution in [-0.4, -0.2) is 97.4 Å². The van der Waals surface area contributed by atoms with E-state index in [0.717, 1.165) is 70.2 Å². The van der Waals surface area contributed by atoms with E-state index in [4.69, 9.17) is 24.7 Å². The number of hydrogen-bond acceptors (Lipinski definition) is 9. The van der Waals surface area contributed by atoms with Crippen LogP contribution in [-0.2, 0) is 22.5 Å². The van der Waals surface area contributed by atoms with Gasteiger partial charge in [-0.25, -0.2) is 0 Å². The molecule has 2 aromatic carbocycles. The number of carbonyl (C=O) groups is 1. The van der Waals surface area contributed by atoms with E-state index < -0.39 is 0 Å². The Kier molecular flexibility index (Phi) is 10.9. The molecule has 238 valence electrons. The molecule has 3 aliphatic heterocycles. The van der Waals surface area contributed by atoms with Crippen LogP contribution in [0.4, 0.5) is 11.5 Å². The van der Waals surface area contributed by atoms with Crippen molar-refractivity contribution < 1.29 is 14.3 Å². The number of fused-ring (bicyclic) bond motifs is 2. The first-order valence-electron chi connectivity index (χ1n) is 16.0. The SMILES string of the molecule is C=CC(=O)N1CCN(c2nc(OCCCN3CCO[C@@H](C)C3)nc3c2CCN(c2cccc4cccc(C)c24)C3)CC1.CC#N. The fourth-order valence-electron chi connectivity index (χ4n) is 6.50. The monoisotopic (exact) mass is 611 g/mol. The number of amides is 1. The molecule has 0 aliphatic carbocycles. The summed E-state index contributed by atoms with van der Waals surface area (Å²) >= 11 is 0. The van der Waals surface area contributed by atoms with Crippen LogP contribution < -0.4 is 14.5 Å². The van der Waals surface area contributed by atoms with Gasteiger partial charge >= 0.3 is 6.01 Å². The molecule has 2 saturated heterocycles. The Balaban J connectivity index is 0.00000128. The highest BCUT2D eigenvalue weighted by Gasteiger charge is 2.29. The summed E-state index contributed by atoms with van der Waals surface area (Å²) in [6, 6.07) is 15.2. The maximum atomic E-state index is 12.2. The molecule has 45 heavy (non-hydrogen) atoms. The topological polar surface area (TPSA) is 98.1 Å². The van der Waals surface area contributed by atoms with Gasteiger partial charge in [-0.3, -0.25) is 9.69 Å². The number of anilines is 2. The molecule has 3 aliphatic rings. The summed E-state index contributed by atoms with van der Waals surface area (Å²) in [6.45, 7) is 18.0. The molecule has 1 atom stereocenters. The van der Waals surface area contributed by atoms with E-state index in [1.165, 1.54) is 40.6 Å². The molecule has 1 aromatic heterocycles. The Morgan fingerprint density at radius 3 is 2.60 bits per heavy atom. The van der Waals surface area contributed by atoms with Crippen LogP contribution in [0.2, 0.25) is 0 Å². The minimum absolute atomic E-state index is 0.0147. The lowest BCUT2D eigenvalue weighted by atomic mass is 9.99. The highest BCUT2D eigenvalue weighted by molar-refractivity contribution is 5.97. The average Bonchev–Trinajstić information content (AvgIpc) is 3.06. The third-order valence-corrected chi connectivity index (χ3v) is 8.70. The second kappa shape index (κ2) is 15.2. The number of ether oxygens (including phenoxy) is 2. The molecule has 0 saturated carbocycles. The lowest BCUT2D eigenvalue weighted by Gasteiger charge is -2.38. The standard InChI is InChI=1S/C33H42N6O3.C2H3N/c1-4-30(40)37-15-17-38(18-16-37)32-27-12-14-39(29-11-6-10-26-9-5-8-24(2)31(26)29)23-28(27)34-33(35-32)42-20-7-13-36-19-21-41-25(3)22-36;1-2-3/h4-6,8-11,25H,1,7,12-23H2,2-3H3;1H3/t25-;/m0./s1. The molecule has 0 spiro atoms. The van der Waals surface area contributed by atoms with E-state index in [9.17, 15) is 4.79 Å². The predicted octanol–water partition coefficient (Wildman–Crippen LogP) is 4.36. The van der Waals surface area contributed by atoms with E-state index in [1.54, 1.807) is 6.07 Å². The normalized spacial score (nSPS) is 18.4. The van der Waals surface area contributed by atoms with E-state index in [0.29, 0.717) is 32.3 Å². The first-order valence-corrected chi connectivity index (χ1v) is 16.0. The molecule has 0 N–H and O–H groups in total. The smallest absolute Gasteiger partial charge is 0.318 e. The minimum Gasteiger partial charge on any atom is -0.463 e. The molecular formula is C35H45N7O3. The Bertz CT molecular complexity index is 1520. The molecule has 3 aromatic rings. The predicted molar refractivity (Wildman–Crippen MR) is 178 cm³/mol. The zero-order valence-corrected chi connectivity index (χ0v) is 26.9. The lowest BCUT2D eigenvalue weighted by molar-refractivity contribution is -0.126. The lowest BCUT2D eigenvalue weighted by Crippen LogP contribution is -2.49. The summed E-state index contributed by atoms with van der Waals surface area (Å²) in [4.78, 5) is 31.2. The number of nitriles is 1. The maximum absolute atomic E-state index is 12.2. The second-order valence-corrected chi connectivity index (χ2v) is 11.8. The van der Waals surface area contributed by atoms with Gasteiger partial charge in [-0.05, 0) is 49.8 Å². The Labute approximate surface area is 266 Å². The Morgan fingerprint density at radius 2 is 1.87 bits per heavy atom. The highest BCUT2D eigenvalue weighted by Crippen LogP contribution is 2.35. The number of morpholine rings is 1. The van der Waals surface area contributed by atoms with Gasteiger partial charge in [0.2, 0.25) is 5.91 Å². The summed E-state index contributed by atoms with van der Waals surface area (Å²) < 4.78 is 11.9. The maximum Gasteiger partial charge on any atom is 0.318 e. The van der Waals surface area contributed by atoms with Gasteiger partial charge in [-0.1, -0.05) is 36.9 Å². The van der Waals surface area contributed by atoms with Gasteiger partial charge in [0.05, 0.1) is 37.6 Å². The van der Waals surface area contributed by atoms with Gasteiger partial charge in [-0.15, -0.1) is 0 Å². The molecule has 0 unspecified atom stereocenters. The fraction of sp³-hybridized carbons (Fsp3) is 0.486. The quantitative estimate of drug-likeness (QED) is 0.272. The summed E-state index contributed by atoms with van der Waals surface area (Å²) in [7, 11) is 0. The van der Waals surface area contributed by atoms with Crippen molar-refractivity contribution in [1.29, 1.82) is 5.26 Å². The van der Waals surface area contributed by atoms with E-state index in [2.05, 4.69) is 71.5 Å². The van der Waals surface area contributed by atoms with E-state index >= 15 is 0 Å². The first-order chi connectivity index (χ1) is 21.9. The number of aromatic nitrogens is 2. The van der Waals surface area contributed by atoms with Gasteiger partial charge in [-0.2, -0.15) is 15.2 Å². The summed E-state index contributed by atoms with van der Waals surface area (Å²) in [5, 5.41) is 9.88. The van der Waals surface area contributed by atoms with Gasteiger partial charge in [0.15, 0.2) is 0 Å². The first kappa shape index (κ1) is 32.2. The van der Waals surface area contributed by atoms with Gasteiger partial charge < -0.3 is 24.2 Å². The van der Waals surface area contributed by atoms with Gasteiger partial charge in [0.1, 0.15) is 5.82 Å². The number of piperazine rings is 1. The number of benzene rings is 2. The van der Waals surface area contributed by atoms with Crippen LogP contribution in [0.1, 0.15) is 37.1 Å². The number of nitrogens with zero attached hydrogens (tertiary/aromatic N) is 7. The number of hydrogen-bond donors (Lipinski definition) is 0. The third kappa shape index (κ3) is 7.72. The van der Waals surface area contributed by atoms with E-state index in [-0.39, 0.29) is 12.0 Å². The van der Waals surface area contributed by atoms with Crippen LogP contribution in [0.25, 0.3) is 10.8 Å². The summed E-state index contributed by atoms with van der Waals surface area (Å²) in [5.41, 5.74) is 4.75. The molecule has 6 rings (SSSR count). The van der Waals surface area contributed by atoms with Crippen LogP contribution in [0.3, 0.4) is 0 Å². The Hall–Kier alpha value is -4.20. The second-order valence-electron chi connectivity index (χ2n) is 11.8. The van der Waals surface area contributed by atoms with Crippen LogP contribution >= 0.6 is 0 Å². The molecule has 0 bridgehead atoms. The fourth-order valence-corrected chi connectivity index (χ4v) is 6.50. The van der Waals surface area contributed by atoms with Crippen molar-refractivity contribution in [2.45, 2.75) is 46.3 Å². The average molecular weight is 612 g/mol. The Morgan fingerprint density at radius 1 is 1.11 bits per heavy atom. The number of rotatable bonds is 8. The summed E-state index contributed by atoms with van der Waals surface area (Å²) in [6.07, 6.45) is 3.44. The molecular weight excluding hydrogens is 566 g/mol. The number of carbonyl (C=O) groups excluding carboxylic acids is 1. The van der Waals surface area contributed by atoms with Crippen LogP contribution in [0.5, 0.6) is 6.01 Å². The van der Waals surface area contributed by atoms with Crippen molar-refractivity contribution in [3.63, 3.8) is 0 Å². The van der Waals surface area contributed by atoms with Crippen molar-refractivity contribution in [2.24, 2.45) is 0 Å². The molecule has 2 fully saturated rings. The molecule has 4 heterocycles. The third-order valence-electron chi connectivity index (χ3n) is 8.70. The summed E-state index contributed by atoms with van der Waals surface area (Å²) in [5.74, 6) is 0.940. The minimum atomic E-state index is -0.0147. The van der Waals surface area contributed by atoms with Gasteiger partial charge in [0, 0.05) is 75.9 Å². The van der Waals surface area contributed by atoms with E-state index in [1.807, 2.05) is 4.90 Å². The zero-order valence-electron chi connectivity index (χ0n) is 26.9. The number of aryl methyl sites for hydroxylation is 1. The van der Waals surface area contributed by atoms with Crippen molar-refractivity contribution in [2.75, 3.05) is 75.4 Å². The zero-order chi connectivity index (χ0) is 31.8. The highest BCUT2D eigenvalue weighted by atomic mass is 16.5. The van der Waals surface area contributed by atoms with Crippen molar-refractivity contribution in [3.05, 3.63) is 65.9 Å². The van der Waals surface area contributed by atoms with Crippen LogP contribution in [0, 0.1) is 18.3 Å². The molecule has 10 heteroatoms. The van der Waals surface area contributed by atoms with Crippen LogP contribution in [0.15, 0.2) is 49.1 Å². The van der Waals surface area contributed by atoms with Crippen molar-refractivity contribution in [3.8, 4) is 12.1 Å².